The van der Waals surface area contributed by atoms with Gasteiger partial charge >= 0.3 is 0 Å². The van der Waals surface area contributed by atoms with Gasteiger partial charge in [-0.2, -0.15) is 0 Å². The number of hydrazine groups is 1. The van der Waals surface area contributed by atoms with Gasteiger partial charge in [-0.15, -0.1) is 0 Å². The number of nitrogens with one attached hydrogen (secondary N) is 1. The van der Waals surface area contributed by atoms with Gasteiger partial charge in [0.05, 0.1) is 0 Å². The molecule has 0 aliphatic rings. The minimum Gasteiger partial charge on any atom is -0.507 e. The molecule has 0 aromatic heterocycles. The van der Waals surface area contributed by atoms with Crippen molar-refractivity contribution in [1.29, 1.82) is 0 Å². The number of rotatable bonds is 2. The predicted octanol–water partition coefficient (Wildman–Crippen LogP) is 1.53. The number of aryl methyl sites for hydroxylation is 2. The van der Waals surface area contributed by atoms with Crippen molar-refractivity contribution >= 4 is 0 Å². The molecule has 1 rings (SSSR count). The van der Waals surface area contributed by atoms with Crippen molar-refractivity contribution in [3.8, 4) is 5.75 Å². The summed E-state index contributed by atoms with van der Waals surface area (Å²) in [6, 6.07) is 3.98. The smallest absolute Gasteiger partial charge is 0.121 e. The molecule has 0 saturated carbocycles. The van der Waals surface area contributed by atoms with Crippen LogP contribution in [0.2, 0.25) is 0 Å². The highest BCUT2D eigenvalue weighted by molar-refractivity contribution is 5.42. The van der Waals surface area contributed by atoms with E-state index in [2.05, 4.69) is 5.43 Å². The number of hydrogen-bond donors (Lipinski definition) is 3. The van der Waals surface area contributed by atoms with E-state index in [4.69, 9.17) is 5.84 Å². The van der Waals surface area contributed by atoms with Crippen molar-refractivity contribution in [2.45, 2.75) is 26.8 Å². The molecule has 13 heavy (non-hydrogen) atoms. The van der Waals surface area contributed by atoms with E-state index < -0.39 is 0 Å². The summed E-state index contributed by atoms with van der Waals surface area (Å²) in [5.74, 6) is 5.70. The summed E-state index contributed by atoms with van der Waals surface area (Å²) >= 11 is 0. The summed E-state index contributed by atoms with van der Waals surface area (Å²) in [7, 11) is 0. The van der Waals surface area contributed by atoms with Crippen LogP contribution in [-0.2, 0) is 0 Å². The molecule has 0 saturated heterocycles. The van der Waals surface area contributed by atoms with Crippen molar-refractivity contribution in [1.82, 2.24) is 5.43 Å². The van der Waals surface area contributed by atoms with Crippen LogP contribution in [0.15, 0.2) is 12.1 Å². The Morgan fingerprint density at radius 2 is 1.77 bits per heavy atom. The summed E-state index contributed by atoms with van der Waals surface area (Å²) in [4.78, 5) is 0. The largest absolute Gasteiger partial charge is 0.507 e. The molecule has 0 spiro atoms. The average molecular weight is 180 g/mol. The van der Waals surface area contributed by atoms with Gasteiger partial charge in [0.25, 0.3) is 0 Å². The van der Waals surface area contributed by atoms with Gasteiger partial charge in [-0.05, 0) is 37.5 Å². The van der Waals surface area contributed by atoms with Crippen LogP contribution in [0.5, 0.6) is 5.75 Å². The van der Waals surface area contributed by atoms with E-state index in [1.165, 1.54) is 0 Å². The fourth-order valence-electron chi connectivity index (χ4n) is 1.34. The fourth-order valence-corrected chi connectivity index (χ4v) is 1.34. The van der Waals surface area contributed by atoms with E-state index in [1.807, 2.05) is 32.9 Å². The van der Waals surface area contributed by atoms with Crippen LogP contribution in [0.1, 0.15) is 29.7 Å². The number of aromatic hydroxyl groups is 1. The zero-order chi connectivity index (χ0) is 10.0. The second kappa shape index (κ2) is 3.77. The third-order valence-corrected chi connectivity index (χ3v) is 2.26. The van der Waals surface area contributed by atoms with E-state index in [0.717, 1.165) is 16.7 Å². The zero-order valence-corrected chi connectivity index (χ0v) is 8.26. The molecule has 1 atom stereocenters. The molecule has 3 heteroatoms. The average Bonchev–Trinajstić information content (AvgIpc) is 2.12. The molecule has 0 fully saturated rings. The van der Waals surface area contributed by atoms with Crippen molar-refractivity contribution in [2.75, 3.05) is 0 Å². The Labute approximate surface area is 78.5 Å². The summed E-state index contributed by atoms with van der Waals surface area (Å²) in [6.45, 7) is 5.75. The molecule has 1 aromatic carbocycles. The normalized spacial score (nSPS) is 12.9. The van der Waals surface area contributed by atoms with Crippen LogP contribution in [-0.4, -0.2) is 5.11 Å². The molecule has 0 amide bonds. The Balaban J connectivity index is 3.13. The lowest BCUT2D eigenvalue weighted by Crippen LogP contribution is -2.25. The van der Waals surface area contributed by atoms with E-state index in [0.29, 0.717) is 5.75 Å². The second-order valence-electron chi connectivity index (χ2n) is 3.39. The minimum atomic E-state index is 0.109. The highest BCUT2D eigenvalue weighted by atomic mass is 16.3. The summed E-state index contributed by atoms with van der Waals surface area (Å²) < 4.78 is 0. The SMILES string of the molecule is Cc1cc([C@H](C)NN)cc(C)c1O. The zero-order valence-electron chi connectivity index (χ0n) is 8.26. The maximum atomic E-state index is 9.53. The minimum absolute atomic E-state index is 0.109. The van der Waals surface area contributed by atoms with Gasteiger partial charge in [-0.1, -0.05) is 12.1 Å². The Morgan fingerprint density at radius 3 is 2.15 bits per heavy atom. The second-order valence-corrected chi connectivity index (χ2v) is 3.39. The maximum Gasteiger partial charge on any atom is 0.121 e. The number of phenols is 1. The first kappa shape index (κ1) is 10.0. The molecule has 0 aliphatic heterocycles. The van der Waals surface area contributed by atoms with Crippen molar-refractivity contribution in [3.63, 3.8) is 0 Å². The topological polar surface area (TPSA) is 58.3 Å². The van der Waals surface area contributed by atoms with E-state index in [9.17, 15) is 5.11 Å². The lowest BCUT2D eigenvalue weighted by atomic mass is 10.0. The van der Waals surface area contributed by atoms with Crippen molar-refractivity contribution in [3.05, 3.63) is 28.8 Å². The Kier molecular flexibility index (Phi) is 2.90. The van der Waals surface area contributed by atoms with Crippen molar-refractivity contribution in [2.24, 2.45) is 5.84 Å². The molecule has 4 N–H and O–H groups in total. The Morgan fingerprint density at radius 1 is 1.31 bits per heavy atom. The van der Waals surface area contributed by atoms with Gasteiger partial charge < -0.3 is 5.11 Å². The van der Waals surface area contributed by atoms with Gasteiger partial charge in [0, 0.05) is 6.04 Å². The monoisotopic (exact) mass is 180 g/mol. The summed E-state index contributed by atoms with van der Waals surface area (Å²) in [6.07, 6.45) is 0. The number of nitrogens with two attached hydrogens (primary N) is 1. The molecule has 0 bridgehead atoms. The maximum absolute atomic E-state index is 9.53. The molecular weight excluding hydrogens is 164 g/mol. The van der Waals surface area contributed by atoms with Gasteiger partial charge in [0.2, 0.25) is 0 Å². The van der Waals surface area contributed by atoms with Gasteiger partial charge in [0.15, 0.2) is 0 Å². The van der Waals surface area contributed by atoms with E-state index in [-0.39, 0.29) is 6.04 Å². The van der Waals surface area contributed by atoms with Crippen LogP contribution in [0.3, 0.4) is 0 Å². The van der Waals surface area contributed by atoms with Crippen LogP contribution < -0.4 is 11.3 Å². The Hall–Kier alpha value is -1.06. The molecule has 0 radical (unpaired) electrons. The molecular formula is C10H16N2O. The van der Waals surface area contributed by atoms with Crippen LogP contribution in [0.4, 0.5) is 0 Å². The highest BCUT2D eigenvalue weighted by Crippen LogP contribution is 2.25. The molecule has 3 nitrogen and oxygen atoms in total. The molecule has 0 unspecified atom stereocenters. The highest BCUT2D eigenvalue weighted by Gasteiger charge is 2.07. The molecule has 72 valence electrons. The number of phenolic OH excluding ortho intramolecular Hbond substituents is 1. The standard InChI is InChI=1S/C10H16N2O/c1-6-4-9(8(3)12-11)5-7(2)10(6)13/h4-5,8,12-13H,11H2,1-3H3/t8-/m0/s1. The predicted molar refractivity (Wildman–Crippen MR) is 53.3 cm³/mol. The van der Waals surface area contributed by atoms with Crippen LogP contribution >= 0.6 is 0 Å². The first-order valence-corrected chi connectivity index (χ1v) is 4.32. The Bertz CT molecular complexity index is 287. The first-order valence-electron chi connectivity index (χ1n) is 4.32. The van der Waals surface area contributed by atoms with Crippen molar-refractivity contribution < 1.29 is 5.11 Å². The number of benzene rings is 1. The van der Waals surface area contributed by atoms with E-state index in [1.54, 1.807) is 0 Å². The molecule has 0 heterocycles. The van der Waals surface area contributed by atoms with Gasteiger partial charge in [-0.3, -0.25) is 11.3 Å². The van der Waals surface area contributed by atoms with Crippen LogP contribution in [0, 0.1) is 13.8 Å². The third-order valence-electron chi connectivity index (χ3n) is 2.26. The van der Waals surface area contributed by atoms with Gasteiger partial charge in [0.1, 0.15) is 5.75 Å². The number of hydrogen-bond acceptors (Lipinski definition) is 3. The van der Waals surface area contributed by atoms with Crippen LogP contribution in [0.25, 0.3) is 0 Å². The van der Waals surface area contributed by atoms with E-state index >= 15 is 0 Å². The molecule has 0 aliphatic carbocycles. The third kappa shape index (κ3) is 1.99. The first-order chi connectivity index (χ1) is 6.06. The molecule has 1 aromatic rings. The quantitative estimate of drug-likeness (QED) is 0.478. The van der Waals surface area contributed by atoms with Gasteiger partial charge in [-0.25, -0.2) is 0 Å². The fraction of sp³-hybridized carbons (Fsp3) is 0.400. The summed E-state index contributed by atoms with van der Waals surface area (Å²) in [5.41, 5.74) is 5.54. The lowest BCUT2D eigenvalue weighted by molar-refractivity contribution is 0.466. The lowest BCUT2D eigenvalue weighted by Gasteiger charge is -2.13. The summed E-state index contributed by atoms with van der Waals surface area (Å²) in [5, 5.41) is 9.53.